The average Bonchev–Trinajstić information content (AvgIpc) is 3.04. The predicted molar refractivity (Wildman–Crippen MR) is 185 cm³/mol. The fraction of sp³-hybridized carbons (Fsp3) is 0.250. The van der Waals surface area contributed by atoms with Crippen LogP contribution >= 0.6 is 0 Å². The Morgan fingerprint density at radius 2 is 0.848 bits per heavy atom. The number of carbonyl (C=O) groups is 2. The monoisotopic (exact) mass is 614 g/mol. The van der Waals surface area contributed by atoms with Crippen LogP contribution in [0.5, 0.6) is 11.5 Å². The zero-order valence-corrected chi connectivity index (χ0v) is 27.1. The van der Waals surface area contributed by atoms with Gasteiger partial charge in [0, 0.05) is 21.5 Å². The molecular formula is C40H38O6. The second-order valence-corrected chi connectivity index (χ2v) is 12.0. The molecule has 0 radical (unpaired) electrons. The van der Waals surface area contributed by atoms with Gasteiger partial charge in [0.2, 0.25) is 0 Å². The number of hydrogen-bond donors (Lipinski definition) is 0. The molecular weight excluding hydrogens is 576 g/mol. The summed E-state index contributed by atoms with van der Waals surface area (Å²) in [4.78, 5) is 25.8. The molecule has 46 heavy (non-hydrogen) atoms. The van der Waals surface area contributed by atoms with Crippen molar-refractivity contribution in [3.63, 3.8) is 0 Å². The Hall–Kier alpha value is -5.10. The summed E-state index contributed by atoms with van der Waals surface area (Å²) < 4.78 is 22.8. The molecule has 0 unspecified atom stereocenters. The lowest BCUT2D eigenvalue weighted by Gasteiger charge is -2.22. The van der Waals surface area contributed by atoms with Crippen LogP contribution in [-0.2, 0) is 22.3 Å². The molecule has 0 aliphatic heterocycles. The van der Waals surface area contributed by atoms with Crippen molar-refractivity contribution in [2.45, 2.75) is 66.6 Å². The van der Waals surface area contributed by atoms with Crippen LogP contribution in [0.1, 0.15) is 52.7 Å². The van der Waals surface area contributed by atoms with Gasteiger partial charge >= 0.3 is 12.3 Å². The van der Waals surface area contributed by atoms with Crippen LogP contribution in [0.2, 0.25) is 0 Å². The Kier molecular flexibility index (Phi) is 8.55. The molecule has 0 aromatic heterocycles. The molecule has 0 atom stereocenters. The van der Waals surface area contributed by atoms with Gasteiger partial charge in [-0.3, -0.25) is 0 Å². The highest BCUT2D eigenvalue weighted by atomic mass is 16.7. The normalized spacial score (nSPS) is 11.6. The van der Waals surface area contributed by atoms with Gasteiger partial charge < -0.3 is 18.9 Å². The molecule has 0 saturated carbocycles. The third kappa shape index (κ3) is 5.71. The SMILES string of the molecule is CCc1ccc2c(OC(=O)OC(C)C)c3ccccc3c(-c3c4ccccc4c(OC(=O)OC(C)C)c4ccc(CC)cc34)c2c1. The van der Waals surface area contributed by atoms with Crippen LogP contribution in [-0.4, -0.2) is 24.5 Å². The first kappa shape index (κ1) is 30.9. The molecule has 0 saturated heterocycles. The minimum atomic E-state index is -0.743. The molecule has 6 heteroatoms. The molecule has 0 aliphatic carbocycles. The second-order valence-electron chi connectivity index (χ2n) is 12.0. The molecule has 0 fully saturated rings. The van der Waals surface area contributed by atoms with Gasteiger partial charge in [-0.05, 0) is 84.3 Å². The van der Waals surface area contributed by atoms with Crippen molar-refractivity contribution < 1.29 is 28.5 Å². The standard InChI is InChI=1S/C40H38O6/c1-7-25-17-19-31-33(21-25)35(27-13-9-11-15-29(27)37(31)45-39(41)43-23(3)4)36-28-14-10-12-16-30(28)38(46-40(42)44-24(5)6)32-20-18-26(8-2)22-34(32)36/h9-24H,7-8H2,1-6H3. The van der Waals surface area contributed by atoms with Crippen LogP contribution in [0, 0.1) is 0 Å². The molecule has 0 bridgehead atoms. The number of hydrogen-bond acceptors (Lipinski definition) is 6. The summed E-state index contributed by atoms with van der Waals surface area (Å²) in [6.45, 7) is 11.4. The lowest BCUT2D eigenvalue weighted by Crippen LogP contribution is -2.16. The van der Waals surface area contributed by atoms with E-state index in [2.05, 4.69) is 50.2 Å². The maximum Gasteiger partial charge on any atom is 0.514 e. The summed E-state index contributed by atoms with van der Waals surface area (Å²) >= 11 is 0. The van der Waals surface area contributed by atoms with E-state index in [0.29, 0.717) is 11.5 Å². The van der Waals surface area contributed by atoms with Crippen molar-refractivity contribution in [3.8, 4) is 22.6 Å². The molecule has 0 spiro atoms. The van der Waals surface area contributed by atoms with Crippen molar-refractivity contribution in [3.05, 3.63) is 96.1 Å². The molecule has 0 heterocycles. The van der Waals surface area contributed by atoms with Crippen LogP contribution < -0.4 is 9.47 Å². The van der Waals surface area contributed by atoms with Gasteiger partial charge in [-0.1, -0.05) is 98.8 Å². The number of carbonyl (C=O) groups excluding carboxylic acids is 2. The minimum absolute atomic E-state index is 0.319. The van der Waals surface area contributed by atoms with Gasteiger partial charge in [-0.25, -0.2) is 9.59 Å². The quantitative estimate of drug-likeness (QED) is 0.101. The van der Waals surface area contributed by atoms with E-state index < -0.39 is 12.3 Å². The van der Waals surface area contributed by atoms with Crippen LogP contribution in [0.3, 0.4) is 0 Å². The number of benzene rings is 6. The van der Waals surface area contributed by atoms with E-state index >= 15 is 0 Å². The Labute approximate surface area is 268 Å². The maximum atomic E-state index is 12.9. The zero-order chi connectivity index (χ0) is 32.5. The summed E-state index contributed by atoms with van der Waals surface area (Å²) in [7, 11) is 0. The Bertz CT molecular complexity index is 1970. The van der Waals surface area contributed by atoms with E-state index in [0.717, 1.165) is 78.2 Å². The van der Waals surface area contributed by atoms with E-state index in [1.165, 1.54) is 0 Å². The van der Waals surface area contributed by atoms with E-state index in [-0.39, 0.29) is 12.2 Å². The van der Waals surface area contributed by atoms with Crippen molar-refractivity contribution in [2.75, 3.05) is 0 Å². The molecule has 6 rings (SSSR count). The number of rotatable bonds is 7. The van der Waals surface area contributed by atoms with Crippen molar-refractivity contribution >= 4 is 55.4 Å². The van der Waals surface area contributed by atoms with Crippen molar-refractivity contribution in [2.24, 2.45) is 0 Å². The Balaban J connectivity index is 1.78. The lowest BCUT2D eigenvalue weighted by molar-refractivity contribution is 0.0725. The van der Waals surface area contributed by atoms with E-state index in [9.17, 15) is 9.59 Å². The number of aryl methyl sites for hydroxylation is 2. The Morgan fingerprint density at radius 3 is 1.20 bits per heavy atom. The number of fused-ring (bicyclic) bond motifs is 4. The predicted octanol–water partition coefficient (Wildman–Crippen LogP) is 10.9. The molecule has 0 amide bonds. The molecule has 6 aromatic rings. The molecule has 6 aromatic carbocycles. The van der Waals surface area contributed by atoms with Gasteiger partial charge in [0.1, 0.15) is 11.5 Å². The van der Waals surface area contributed by atoms with E-state index in [1.54, 1.807) is 27.7 Å². The smallest absolute Gasteiger partial charge is 0.431 e. The van der Waals surface area contributed by atoms with E-state index in [4.69, 9.17) is 18.9 Å². The molecule has 0 aliphatic rings. The van der Waals surface area contributed by atoms with Crippen molar-refractivity contribution in [1.29, 1.82) is 0 Å². The topological polar surface area (TPSA) is 71.1 Å². The fourth-order valence-electron chi connectivity index (χ4n) is 6.17. The summed E-state index contributed by atoms with van der Waals surface area (Å²) in [6, 6.07) is 28.6. The van der Waals surface area contributed by atoms with Crippen LogP contribution in [0.4, 0.5) is 9.59 Å². The van der Waals surface area contributed by atoms with Crippen molar-refractivity contribution in [1.82, 2.24) is 0 Å². The molecule has 0 N–H and O–H groups in total. The molecule has 6 nitrogen and oxygen atoms in total. The molecule has 234 valence electrons. The summed E-state index contributed by atoms with van der Waals surface area (Å²) in [5, 5.41) is 6.94. The van der Waals surface area contributed by atoms with Gasteiger partial charge in [0.25, 0.3) is 0 Å². The minimum Gasteiger partial charge on any atom is -0.431 e. The maximum absolute atomic E-state index is 12.9. The van der Waals surface area contributed by atoms with Gasteiger partial charge in [0.05, 0.1) is 12.2 Å². The zero-order valence-electron chi connectivity index (χ0n) is 27.1. The fourth-order valence-corrected chi connectivity index (χ4v) is 6.17. The van der Waals surface area contributed by atoms with Crippen LogP contribution in [0.25, 0.3) is 54.2 Å². The highest BCUT2D eigenvalue weighted by molar-refractivity contribution is 6.27. The average molecular weight is 615 g/mol. The first-order chi connectivity index (χ1) is 22.2. The summed E-state index contributed by atoms with van der Waals surface area (Å²) in [6.07, 6.45) is -0.459. The Morgan fingerprint density at radius 1 is 0.500 bits per heavy atom. The highest BCUT2D eigenvalue weighted by Gasteiger charge is 2.25. The first-order valence-electron chi connectivity index (χ1n) is 15.9. The third-order valence-electron chi connectivity index (χ3n) is 8.18. The third-order valence-corrected chi connectivity index (χ3v) is 8.18. The lowest BCUT2D eigenvalue weighted by atomic mass is 9.84. The number of ether oxygens (including phenoxy) is 4. The first-order valence-corrected chi connectivity index (χ1v) is 15.9. The summed E-state index contributed by atoms with van der Waals surface area (Å²) in [5.41, 5.74) is 4.32. The largest absolute Gasteiger partial charge is 0.514 e. The van der Waals surface area contributed by atoms with E-state index in [1.807, 2.05) is 48.5 Å². The summed E-state index contributed by atoms with van der Waals surface area (Å²) in [5.74, 6) is 0.920. The van der Waals surface area contributed by atoms with Gasteiger partial charge in [-0.15, -0.1) is 0 Å². The highest BCUT2D eigenvalue weighted by Crippen LogP contribution is 2.50. The van der Waals surface area contributed by atoms with Crippen LogP contribution in [0.15, 0.2) is 84.9 Å². The second kappa shape index (κ2) is 12.7. The van der Waals surface area contributed by atoms with Gasteiger partial charge in [-0.2, -0.15) is 0 Å². The van der Waals surface area contributed by atoms with Gasteiger partial charge in [0.15, 0.2) is 0 Å².